The first-order valence-corrected chi connectivity index (χ1v) is 11.5. The van der Waals surface area contributed by atoms with Crippen LogP contribution in [0.4, 0.5) is 0 Å². The number of carbonyl (C=O) groups excluding carboxylic acids is 2. The number of ether oxygens (including phenoxy) is 1. The van der Waals surface area contributed by atoms with Gasteiger partial charge in [-0.3, -0.25) is 9.59 Å². The molecule has 1 aliphatic rings. The summed E-state index contributed by atoms with van der Waals surface area (Å²) in [5.41, 5.74) is 1.74. The predicted molar refractivity (Wildman–Crippen MR) is 124 cm³/mol. The second kappa shape index (κ2) is 8.96. The summed E-state index contributed by atoms with van der Waals surface area (Å²) < 4.78 is 7.48. The van der Waals surface area contributed by atoms with Gasteiger partial charge < -0.3 is 4.74 Å². The van der Waals surface area contributed by atoms with Crippen LogP contribution in [0.3, 0.4) is 0 Å². The van der Waals surface area contributed by atoms with E-state index in [0.29, 0.717) is 27.3 Å². The van der Waals surface area contributed by atoms with Gasteiger partial charge in [0.1, 0.15) is 18.9 Å². The van der Waals surface area contributed by atoms with Crippen molar-refractivity contribution in [2.24, 2.45) is 0 Å². The summed E-state index contributed by atoms with van der Waals surface area (Å²) >= 11 is 7.19. The zero-order valence-electron chi connectivity index (χ0n) is 18.0. The molecule has 3 aromatic rings. The Kier molecular flexibility index (Phi) is 6.26. The maximum Gasteiger partial charge on any atom is 0.252 e. The molecule has 0 radical (unpaired) electrons. The summed E-state index contributed by atoms with van der Waals surface area (Å²) in [6.07, 6.45) is 0. The molecule has 32 heavy (non-hydrogen) atoms. The van der Waals surface area contributed by atoms with Crippen LogP contribution in [0, 0.1) is 0 Å². The van der Waals surface area contributed by atoms with E-state index in [0.717, 1.165) is 0 Å². The highest BCUT2D eigenvalue weighted by molar-refractivity contribution is 7.99. The predicted octanol–water partition coefficient (Wildman–Crippen LogP) is 4.26. The smallest absolute Gasteiger partial charge is 0.252 e. The molecule has 0 N–H and O–H groups in total. The minimum absolute atomic E-state index is 0.0549. The van der Waals surface area contributed by atoms with Crippen LogP contribution in [0.1, 0.15) is 42.5 Å². The summed E-state index contributed by atoms with van der Waals surface area (Å²) in [5.74, 6) is 0.936. The van der Waals surface area contributed by atoms with E-state index in [1.807, 2.05) is 24.3 Å². The molecule has 0 unspecified atom stereocenters. The second-order valence-electron chi connectivity index (χ2n) is 8.44. The number of nitrogens with zero attached hydrogens (tertiary/aromatic N) is 4. The number of benzene rings is 2. The Labute approximate surface area is 195 Å². The van der Waals surface area contributed by atoms with E-state index in [1.165, 1.54) is 22.3 Å². The third-order valence-corrected chi connectivity index (χ3v) is 6.23. The Bertz CT molecular complexity index is 1140. The molecule has 0 spiro atoms. The van der Waals surface area contributed by atoms with Gasteiger partial charge in [0.15, 0.2) is 11.6 Å². The van der Waals surface area contributed by atoms with E-state index in [4.69, 9.17) is 16.3 Å². The number of fused-ring (bicyclic) bond motifs is 1. The van der Waals surface area contributed by atoms with Crippen molar-refractivity contribution < 1.29 is 14.3 Å². The van der Waals surface area contributed by atoms with Crippen LogP contribution in [-0.4, -0.2) is 38.9 Å². The number of hydrogen-bond acceptors (Lipinski definition) is 6. The summed E-state index contributed by atoms with van der Waals surface area (Å²) in [6.45, 7) is 6.44. The molecule has 7 nitrogen and oxygen atoms in total. The quantitative estimate of drug-likeness (QED) is 0.501. The van der Waals surface area contributed by atoms with Crippen LogP contribution in [0.15, 0.2) is 53.7 Å². The summed E-state index contributed by atoms with van der Waals surface area (Å²) in [5, 5.41) is 10.8. The molecule has 0 atom stereocenters. The molecule has 1 aromatic heterocycles. The number of Topliss-reactive ketones (excluding diaryl/α,β-unsaturated/α-hetero) is 1. The highest BCUT2D eigenvalue weighted by atomic mass is 35.5. The lowest BCUT2D eigenvalue weighted by Crippen LogP contribution is -2.48. The van der Waals surface area contributed by atoms with Gasteiger partial charge in [-0.05, 0) is 47.4 Å². The van der Waals surface area contributed by atoms with Crippen LogP contribution < -0.4 is 9.75 Å². The van der Waals surface area contributed by atoms with Gasteiger partial charge in [0.25, 0.3) is 5.91 Å². The average Bonchev–Trinajstić information content (AvgIpc) is 3.17. The van der Waals surface area contributed by atoms with Crippen molar-refractivity contribution in [3.8, 4) is 5.75 Å². The maximum absolute atomic E-state index is 12.8. The molecule has 0 aliphatic carbocycles. The van der Waals surface area contributed by atoms with Gasteiger partial charge in [0, 0.05) is 10.6 Å². The zero-order valence-corrected chi connectivity index (χ0v) is 19.6. The zero-order chi connectivity index (χ0) is 22.9. The highest BCUT2D eigenvalue weighted by Gasteiger charge is 2.31. The highest BCUT2D eigenvalue weighted by Crippen LogP contribution is 2.26. The fraction of sp³-hybridized carbons (Fsp3) is 0.304. The molecular weight excluding hydrogens is 448 g/mol. The van der Waals surface area contributed by atoms with Crippen LogP contribution in [0.5, 0.6) is 5.75 Å². The maximum atomic E-state index is 12.8. The average molecular weight is 471 g/mol. The van der Waals surface area contributed by atoms with Crippen molar-refractivity contribution in [2.45, 2.75) is 37.9 Å². The SMILES string of the molecule is CC(C)(C)c1ccc(OCc2nnc3n2N(CC(=O)c2ccc(Cl)cc2)C(=O)CS3)cc1. The van der Waals surface area contributed by atoms with Gasteiger partial charge in [-0.15, -0.1) is 10.2 Å². The number of ketones is 1. The summed E-state index contributed by atoms with van der Waals surface area (Å²) in [4.78, 5) is 25.4. The van der Waals surface area contributed by atoms with Gasteiger partial charge in [-0.1, -0.05) is 56.3 Å². The van der Waals surface area contributed by atoms with E-state index in [2.05, 4.69) is 31.0 Å². The largest absolute Gasteiger partial charge is 0.486 e. The first-order valence-electron chi connectivity index (χ1n) is 10.1. The number of halogens is 1. The molecule has 2 heterocycles. The minimum atomic E-state index is -0.203. The standard InChI is InChI=1S/C23H23ClN4O3S/c1-23(2,3)16-6-10-18(11-7-16)31-13-20-25-26-22-28(20)27(21(30)14-32-22)12-19(29)15-4-8-17(24)9-5-15/h4-11H,12-14H2,1-3H3. The van der Waals surface area contributed by atoms with Crippen molar-refractivity contribution in [2.75, 3.05) is 17.3 Å². The summed E-state index contributed by atoms with van der Waals surface area (Å²) in [7, 11) is 0. The normalized spacial score (nSPS) is 13.8. The van der Waals surface area contributed by atoms with Gasteiger partial charge >= 0.3 is 0 Å². The third-order valence-electron chi connectivity index (χ3n) is 5.08. The lowest BCUT2D eigenvalue weighted by atomic mass is 9.87. The lowest BCUT2D eigenvalue weighted by molar-refractivity contribution is -0.118. The number of aromatic nitrogens is 3. The van der Waals surface area contributed by atoms with Crippen molar-refractivity contribution in [3.63, 3.8) is 0 Å². The van der Waals surface area contributed by atoms with E-state index < -0.39 is 0 Å². The Morgan fingerprint density at radius 1 is 1.09 bits per heavy atom. The fourth-order valence-corrected chi connectivity index (χ4v) is 4.20. The second-order valence-corrected chi connectivity index (χ2v) is 9.82. The van der Waals surface area contributed by atoms with Crippen LogP contribution >= 0.6 is 23.4 Å². The van der Waals surface area contributed by atoms with E-state index in [-0.39, 0.29) is 36.0 Å². The minimum Gasteiger partial charge on any atom is -0.486 e. The molecule has 166 valence electrons. The summed E-state index contributed by atoms with van der Waals surface area (Å²) in [6, 6.07) is 14.5. The Balaban J connectivity index is 1.51. The molecule has 0 bridgehead atoms. The van der Waals surface area contributed by atoms with Crippen LogP contribution in [0.25, 0.3) is 0 Å². The molecule has 0 saturated heterocycles. The van der Waals surface area contributed by atoms with Gasteiger partial charge in [-0.2, -0.15) is 0 Å². The molecule has 1 aliphatic heterocycles. The number of carbonyl (C=O) groups is 2. The molecule has 0 saturated carbocycles. The van der Waals surface area contributed by atoms with Gasteiger partial charge in [-0.25, -0.2) is 9.69 Å². The molecule has 4 rings (SSSR count). The number of hydrogen-bond donors (Lipinski definition) is 0. The van der Waals surface area contributed by atoms with Gasteiger partial charge in [0.2, 0.25) is 5.16 Å². The number of amides is 1. The number of thioether (sulfide) groups is 1. The molecule has 9 heteroatoms. The topological polar surface area (TPSA) is 77.3 Å². The van der Waals surface area contributed by atoms with Crippen molar-refractivity contribution in [1.82, 2.24) is 14.9 Å². The van der Waals surface area contributed by atoms with E-state index in [9.17, 15) is 9.59 Å². The lowest BCUT2D eigenvalue weighted by Gasteiger charge is -2.28. The van der Waals surface area contributed by atoms with Crippen molar-refractivity contribution >= 4 is 35.1 Å². The van der Waals surface area contributed by atoms with Crippen LogP contribution in [0.2, 0.25) is 5.02 Å². The molecule has 2 aromatic carbocycles. The Morgan fingerprint density at radius 3 is 2.44 bits per heavy atom. The van der Waals surface area contributed by atoms with Crippen LogP contribution in [-0.2, 0) is 16.8 Å². The molecule has 1 amide bonds. The van der Waals surface area contributed by atoms with E-state index >= 15 is 0 Å². The monoisotopic (exact) mass is 470 g/mol. The first-order chi connectivity index (χ1) is 15.2. The Morgan fingerprint density at radius 2 is 1.78 bits per heavy atom. The van der Waals surface area contributed by atoms with E-state index in [1.54, 1.807) is 28.9 Å². The van der Waals surface area contributed by atoms with Gasteiger partial charge in [0.05, 0.1) is 5.75 Å². The molecular formula is C23H23ClN4O3S. The third kappa shape index (κ3) is 4.81. The number of rotatable bonds is 6. The first kappa shape index (κ1) is 22.4. The fourth-order valence-electron chi connectivity index (χ4n) is 3.25. The Hall–Kier alpha value is -2.84. The molecule has 0 fully saturated rings. The van der Waals surface area contributed by atoms with Crippen molar-refractivity contribution in [1.29, 1.82) is 0 Å². The van der Waals surface area contributed by atoms with Crippen molar-refractivity contribution in [3.05, 3.63) is 70.5 Å².